The van der Waals surface area contributed by atoms with Crippen LogP contribution < -0.4 is 5.73 Å². The summed E-state index contributed by atoms with van der Waals surface area (Å²) in [5, 5.41) is 0. The summed E-state index contributed by atoms with van der Waals surface area (Å²) in [6.45, 7) is 5.31. The van der Waals surface area contributed by atoms with Gasteiger partial charge in [-0.1, -0.05) is 0 Å². The molecule has 0 spiro atoms. The molecule has 0 unspecified atom stereocenters. The fourth-order valence-corrected chi connectivity index (χ4v) is 1.47. The van der Waals surface area contributed by atoms with Crippen LogP contribution in [-0.2, 0) is 4.79 Å². The van der Waals surface area contributed by atoms with Gasteiger partial charge in [0.25, 0.3) is 0 Å². The van der Waals surface area contributed by atoms with Gasteiger partial charge in [0, 0.05) is 13.0 Å². The molecule has 0 aromatic carbocycles. The second-order valence-electron chi connectivity index (χ2n) is 3.77. The zero-order chi connectivity index (χ0) is 8.65. The van der Waals surface area contributed by atoms with Crippen LogP contribution in [0.15, 0.2) is 0 Å². The Morgan fingerprint density at radius 2 is 2.00 bits per heavy atom. The molecule has 0 atom stereocenters. The van der Waals surface area contributed by atoms with Crippen molar-refractivity contribution in [3.05, 3.63) is 0 Å². The SMILES string of the molecule is CC(=O)N(C1CC1)C(C)(C)N. The van der Waals surface area contributed by atoms with Gasteiger partial charge in [0.05, 0.1) is 5.66 Å². The average Bonchev–Trinajstić information content (AvgIpc) is 2.42. The predicted molar refractivity (Wildman–Crippen MR) is 43.8 cm³/mol. The minimum Gasteiger partial charge on any atom is -0.322 e. The topological polar surface area (TPSA) is 46.3 Å². The molecule has 11 heavy (non-hydrogen) atoms. The lowest BCUT2D eigenvalue weighted by molar-refractivity contribution is -0.134. The zero-order valence-corrected chi connectivity index (χ0v) is 7.42. The first-order valence-corrected chi connectivity index (χ1v) is 4.01. The Bertz CT molecular complexity index is 167. The second-order valence-corrected chi connectivity index (χ2v) is 3.77. The van der Waals surface area contributed by atoms with E-state index >= 15 is 0 Å². The lowest BCUT2D eigenvalue weighted by atomic mass is 10.2. The van der Waals surface area contributed by atoms with Gasteiger partial charge in [0.2, 0.25) is 5.91 Å². The summed E-state index contributed by atoms with van der Waals surface area (Å²) in [5.74, 6) is 0.0833. The molecule has 1 aliphatic carbocycles. The van der Waals surface area contributed by atoms with E-state index in [2.05, 4.69) is 0 Å². The number of amides is 1. The van der Waals surface area contributed by atoms with Crippen molar-refractivity contribution in [1.29, 1.82) is 0 Å². The predicted octanol–water partition coefficient (Wildman–Crippen LogP) is 0.692. The van der Waals surface area contributed by atoms with E-state index in [1.54, 1.807) is 11.8 Å². The van der Waals surface area contributed by atoms with Gasteiger partial charge in [0.1, 0.15) is 0 Å². The summed E-state index contributed by atoms with van der Waals surface area (Å²) in [5.41, 5.74) is 5.33. The van der Waals surface area contributed by atoms with Crippen LogP contribution in [-0.4, -0.2) is 22.5 Å². The van der Waals surface area contributed by atoms with Crippen LogP contribution in [0.1, 0.15) is 33.6 Å². The molecular formula is C8H16N2O. The zero-order valence-electron chi connectivity index (χ0n) is 7.42. The van der Waals surface area contributed by atoms with Crippen LogP contribution in [0, 0.1) is 0 Å². The van der Waals surface area contributed by atoms with Gasteiger partial charge in [-0.05, 0) is 26.7 Å². The Kier molecular flexibility index (Phi) is 1.92. The number of nitrogens with zero attached hydrogens (tertiary/aromatic N) is 1. The number of carbonyl (C=O) groups excluding carboxylic acids is 1. The fourth-order valence-electron chi connectivity index (χ4n) is 1.47. The number of hydrogen-bond acceptors (Lipinski definition) is 2. The highest BCUT2D eigenvalue weighted by molar-refractivity contribution is 5.74. The summed E-state index contributed by atoms with van der Waals surface area (Å²) >= 11 is 0. The summed E-state index contributed by atoms with van der Waals surface area (Å²) in [7, 11) is 0. The largest absolute Gasteiger partial charge is 0.322 e. The van der Waals surface area contributed by atoms with Gasteiger partial charge in [-0.3, -0.25) is 4.79 Å². The highest BCUT2D eigenvalue weighted by Crippen LogP contribution is 2.30. The lowest BCUT2D eigenvalue weighted by Gasteiger charge is -2.34. The van der Waals surface area contributed by atoms with E-state index in [0.29, 0.717) is 6.04 Å². The van der Waals surface area contributed by atoms with Crippen LogP contribution in [0.25, 0.3) is 0 Å². The molecule has 0 aromatic heterocycles. The molecule has 0 aliphatic heterocycles. The van der Waals surface area contributed by atoms with Crippen LogP contribution >= 0.6 is 0 Å². The van der Waals surface area contributed by atoms with E-state index in [-0.39, 0.29) is 5.91 Å². The lowest BCUT2D eigenvalue weighted by Crippen LogP contribution is -2.54. The molecule has 0 aromatic rings. The normalized spacial score (nSPS) is 18.2. The second kappa shape index (κ2) is 2.48. The monoisotopic (exact) mass is 156 g/mol. The van der Waals surface area contributed by atoms with Crippen molar-refractivity contribution in [2.45, 2.75) is 45.3 Å². The van der Waals surface area contributed by atoms with Crippen molar-refractivity contribution in [3.8, 4) is 0 Å². The Balaban J connectivity index is 2.66. The van der Waals surface area contributed by atoms with Crippen molar-refractivity contribution in [1.82, 2.24) is 4.90 Å². The highest BCUT2D eigenvalue weighted by Gasteiger charge is 2.37. The Morgan fingerprint density at radius 3 is 2.09 bits per heavy atom. The van der Waals surface area contributed by atoms with Crippen LogP contribution in [0.3, 0.4) is 0 Å². The third-order valence-corrected chi connectivity index (χ3v) is 1.87. The number of hydrogen-bond donors (Lipinski definition) is 1. The van der Waals surface area contributed by atoms with Crippen LogP contribution in [0.5, 0.6) is 0 Å². The number of nitrogens with two attached hydrogens (primary N) is 1. The van der Waals surface area contributed by atoms with Gasteiger partial charge in [-0.2, -0.15) is 0 Å². The van der Waals surface area contributed by atoms with Crippen LogP contribution in [0.2, 0.25) is 0 Å². The maximum absolute atomic E-state index is 11.1. The molecule has 1 aliphatic rings. The van der Waals surface area contributed by atoms with Gasteiger partial charge < -0.3 is 10.6 Å². The summed E-state index contributed by atoms with van der Waals surface area (Å²) in [4.78, 5) is 12.9. The van der Waals surface area contributed by atoms with E-state index in [1.165, 1.54) is 0 Å². The Hall–Kier alpha value is -0.570. The smallest absolute Gasteiger partial charge is 0.221 e. The molecule has 2 N–H and O–H groups in total. The van der Waals surface area contributed by atoms with Gasteiger partial charge in [-0.15, -0.1) is 0 Å². The molecule has 0 heterocycles. The molecule has 0 radical (unpaired) electrons. The van der Waals surface area contributed by atoms with E-state index in [9.17, 15) is 4.79 Å². The third-order valence-electron chi connectivity index (χ3n) is 1.87. The molecule has 3 nitrogen and oxygen atoms in total. The van der Waals surface area contributed by atoms with Crippen molar-refractivity contribution in [3.63, 3.8) is 0 Å². The molecule has 64 valence electrons. The molecule has 0 saturated heterocycles. The minimum atomic E-state index is -0.493. The first kappa shape index (κ1) is 8.53. The van der Waals surface area contributed by atoms with Gasteiger partial charge in [0.15, 0.2) is 0 Å². The molecule has 3 heteroatoms. The van der Waals surface area contributed by atoms with Crippen molar-refractivity contribution < 1.29 is 4.79 Å². The third kappa shape index (κ3) is 1.93. The first-order chi connectivity index (χ1) is 4.93. The molecule has 0 bridgehead atoms. The van der Waals surface area contributed by atoms with E-state index in [1.807, 2.05) is 13.8 Å². The molecule has 1 rings (SSSR count). The summed E-state index contributed by atoms with van der Waals surface area (Å²) in [6.07, 6.45) is 2.22. The van der Waals surface area contributed by atoms with Crippen LogP contribution in [0.4, 0.5) is 0 Å². The molecule has 1 fully saturated rings. The quantitative estimate of drug-likeness (QED) is 0.598. The van der Waals surface area contributed by atoms with E-state index in [0.717, 1.165) is 12.8 Å². The Labute approximate surface area is 67.5 Å². The maximum Gasteiger partial charge on any atom is 0.221 e. The minimum absolute atomic E-state index is 0.0833. The molecule has 1 saturated carbocycles. The molecular weight excluding hydrogens is 140 g/mol. The number of rotatable bonds is 2. The van der Waals surface area contributed by atoms with E-state index in [4.69, 9.17) is 5.73 Å². The van der Waals surface area contributed by atoms with Gasteiger partial charge >= 0.3 is 0 Å². The summed E-state index contributed by atoms with van der Waals surface area (Å²) < 4.78 is 0. The first-order valence-electron chi connectivity index (χ1n) is 4.01. The van der Waals surface area contributed by atoms with E-state index < -0.39 is 5.66 Å². The Morgan fingerprint density at radius 1 is 1.55 bits per heavy atom. The fraction of sp³-hybridized carbons (Fsp3) is 0.875. The highest BCUT2D eigenvalue weighted by atomic mass is 16.2. The van der Waals surface area contributed by atoms with Crippen molar-refractivity contribution in [2.24, 2.45) is 5.73 Å². The van der Waals surface area contributed by atoms with Crippen molar-refractivity contribution in [2.75, 3.05) is 0 Å². The average molecular weight is 156 g/mol. The number of carbonyl (C=O) groups is 1. The maximum atomic E-state index is 11.1. The standard InChI is InChI=1S/C8H16N2O/c1-6(11)10(7-4-5-7)8(2,3)9/h7H,4-5,9H2,1-3H3. The molecule has 1 amide bonds. The van der Waals surface area contributed by atoms with Gasteiger partial charge in [-0.25, -0.2) is 0 Å². The van der Waals surface area contributed by atoms with Crippen molar-refractivity contribution >= 4 is 5.91 Å². The summed E-state index contributed by atoms with van der Waals surface area (Å²) in [6, 6.07) is 0.410.